The summed E-state index contributed by atoms with van der Waals surface area (Å²) in [6, 6.07) is 9.55. The Kier molecular flexibility index (Phi) is 10.4. The van der Waals surface area contributed by atoms with Crippen molar-refractivity contribution in [3.8, 4) is 5.75 Å². The first-order valence-corrected chi connectivity index (χ1v) is 15.0. The Bertz CT molecular complexity index is 799. The van der Waals surface area contributed by atoms with Gasteiger partial charge in [0.15, 0.2) is 0 Å². The van der Waals surface area contributed by atoms with E-state index in [9.17, 15) is 4.79 Å². The topological polar surface area (TPSA) is 36.0 Å². The van der Waals surface area contributed by atoms with Gasteiger partial charge in [0, 0.05) is 25.7 Å². The van der Waals surface area contributed by atoms with E-state index in [-0.39, 0.29) is 0 Å². The normalized spacial score (nSPS) is 21.5. The van der Waals surface area contributed by atoms with Gasteiger partial charge in [-0.3, -0.25) is 0 Å². The third-order valence-corrected chi connectivity index (χ3v) is 8.64. The van der Waals surface area contributed by atoms with E-state index in [1.54, 1.807) is 0 Å². The summed E-state index contributed by atoms with van der Waals surface area (Å²) < 4.78 is 6.31. The molecule has 1 aliphatic carbocycles. The summed E-state index contributed by atoms with van der Waals surface area (Å²) >= 11 is 0. The number of ether oxygens (including phenoxy) is 1. The van der Waals surface area contributed by atoms with E-state index < -0.39 is 0 Å². The van der Waals surface area contributed by atoms with Crippen LogP contribution >= 0.6 is 0 Å². The number of benzene rings is 1. The number of hydrogen-bond acceptors (Lipinski definition) is 3. The smallest absolute Gasteiger partial charge is 0.320 e. The Morgan fingerprint density at radius 2 is 1.61 bits per heavy atom. The van der Waals surface area contributed by atoms with Crippen LogP contribution in [-0.2, 0) is 0 Å². The number of urea groups is 1. The second-order valence-electron chi connectivity index (χ2n) is 12.2. The molecule has 1 unspecified atom stereocenters. The zero-order valence-electron chi connectivity index (χ0n) is 23.3. The van der Waals surface area contributed by atoms with Crippen molar-refractivity contribution < 1.29 is 9.53 Å². The third-order valence-electron chi connectivity index (χ3n) is 8.64. The predicted molar refractivity (Wildman–Crippen MR) is 149 cm³/mol. The number of likely N-dealkylation sites (tertiary alicyclic amines) is 1. The van der Waals surface area contributed by atoms with Crippen molar-refractivity contribution in [2.75, 3.05) is 45.9 Å². The molecule has 0 aromatic heterocycles. The highest BCUT2D eigenvalue weighted by Crippen LogP contribution is 2.34. The standard InChI is InChI=1S/C31H51N3O2/c1-25(2)23-26(3)24-36-30-14-8-7-13-29(30)27-15-19-32(20-16-27)17-9-10-18-33-21-22-34(31(33)35)28-11-5-4-6-12-28/h7-8,13-14,25-28H,4-6,9-12,15-24H2,1-3H3. The molecule has 1 atom stereocenters. The van der Waals surface area contributed by atoms with Gasteiger partial charge in [-0.05, 0) is 94.0 Å². The van der Waals surface area contributed by atoms with E-state index in [1.807, 2.05) is 0 Å². The average Bonchev–Trinajstić information content (AvgIpc) is 3.26. The number of rotatable bonds is 12. The molecule has 1 aromatic rings. The van der Waals surface area contributed by atoms with Crippen molar-refractivity contribution in [2.24, 2.45) is 11.8 Å². The summed E-state index contributed by atoms with van der Waals surface area (Å²) in [4.78, 5) is 19.8. The molecule has 5 heteroatoms. The Balaban J connectivity index is 1.14. The third kappa shape index (κ3) is 7.63. The molecule has 4 rings (SSSR count). The average molecular weight is 498 g/mol. The summed E-state index contributed by atoms with van der Waals surface area (Å²) in [6.07, 6.45) is 12.3. The number of carbonyl (C=O) groups is 1. The van der Waals surface area contributed by atoms with Crippen LogP contribution in [0.3, 0.4) is 0 Å². The maximum atomic E-state index is 12.9. The molecular weight excluding hydrogens is 446 g/mol. The van der Waals surface area contributed by atoms with E-state index in [0.29, 0.717) is 23.9 Å². The number of piperidine rings is 1. The molecule has 2 saturated heterocycles. The minimum atomic E-state index is 0.308. The molecule has 0 spiro atoms. The van der Waals surface area contributed by atoms with Crippen LogP contribution in [-0.4, -0.2) is 72.6 Å². The molecule has 0 bridgehead atoms. The Labute approximate surface area is 220 Å². The Morgan fingerprint density at radius 3 is 2.36 bits per heavy atom. The van der Waals surface area contributed by atoms with Crippen LogP contribution in [0.2, 0.25) is 0 Å². The van der Waals surface area contributed by atoms with Gasteiger partial charge in [0.2, 0.25) is 0 Å². The second kappa shape index (κ2) is 13.7. The van der Waals surface area contributed by atoms with Crippen LogP contribution in [0.5, 0.6) is 5.75 Å². The van der Waals surface area contributed by atoms with Gasteiger partial charge in [-0.1, -0.05) is 58.2 Å². The lowest BCUT2D eigenvalue weighted by Gasteiger charge is -2.33. The molecule has 3 aliphatic rings. The minimum absolute atomic E-state index is 0.308. The predicted octanol–water partition coefficient (Wildman–Crippen LogP) is 6.78. The van der Waals surface area contributed by atoms with Crippen LogP contribution < -0.4 is 4.74 Å². The van der Waals surface area contributed by atoms with E-state index in [4.69, 9.17) is 4.74 Å². The van der Waals surface area contributed by atoms with Crippen molar-refractivity contribution in [3.05, 3.63) is 29.8 Å². The van der Waals surface area contributed by atoms with Gasteiger partial charge < -0.3 is 19.4 Å². The van der Waals surface area contributed by atoms with Crippen LogP contribution in [0.4, 0.5) is 4.79 Å². The number of unbranched alkanes of at least 4 members (excludes halogenated alkanes) is 1. The fraction of sp³-hybridized carbons (Fsp3) is 0.774. The number of para-hydroxylation sites is 1. The highest BCUT2D eigenvalue weighted by Gasteiger charge is 2.33. The van der Waals surface area contributed by atoms with Crippen LogP contribution in [0.25, 0.3) is 0 Å². The van der Waals surface area contributed by atoms with Crippen molar-refractivity contribution in [3.63, 3.8) is 0 Å². The molecule has 2 heterocycles. The zero-order chi connectivity index (χ0) is 25.3. The number of amides is 2. The summed E-state index contributed by atoms with van der Waals surface area (Å²) in [7, 11) is 0. The molecule has 202 valence electrons. The Morgan fingerprint density at radius 1 is 0.889 bits per heavy atom. The van der Waals surface area contributed by atoms with Crippen molar-refractivity contribution in [1.29, 1.82) is 0 Å². The van der Waals surface area contributed by atoms with Gasteiger partial charge in [-0.2, -0.15) is 0 Å². The van der Waals surface area contributed by atoms with Crippen LogP contribution in [0.15, 0.2) is 24.3 Å². The number of nitrogens with zero attached hydrogens (tertiary/aromatic N) is 3. The van der Waals surface area contributed by atoms with E-state index in [0.717, 1.165) is 50.9 Å². The summed E-state index contributed by atoms with van der Waals surface area (Å²) in [5, 5.41) is 0. The lowest BCUT2D eigenvalue weighted by atomic mass is 9.88. The van der Waals surface area contributed by atoms with Gasteiger partial charge in [0.05, 0.1) is 6.61 Å². The first-order valence-electron chi connectivity index (χ1n) is 15.0. The van der Waals surface area contributed by atoms with Crippen molar-refractivity contribution in [2.45, 2.75) is 96.9 Å². The maximum Gasteiger partial charge on any atom is 0.320 e. The van der Waals surface area contributed by atoms with E-state index in [2.05, 4.69) is 59.7 Å². The molecule has 36 heavy (non-hydrogen) atoms. The lowest BCUT2D eigenvalue weighted by Crippen LogP contribution is -2.40. The largest absolute Gasteiger partial charge is 0.493 e. The molecule has 1 saturated carbocycles. The quantitative estimate of drug-likeness (QED) is 0.299. The molecule has 2 amide bonds. The van der Waals surface area contributed by atoms with Crippen LogP contribution in [0.1, 0.15) is 96.5 Å². The monoisotopic (exact) mass is 497 g/mol. The lowest BCUT2D eigenvalue weighted by molar-refractivity contribution is 0.162. The molecule has 5 nitrogen and oxygen atoms in total. The van der Waals surface area contributed by atoms with Gasteiger partial charge in [-0.15, -0.1) is 0 Å². The van der Waals surface area contributed by atoms with Crippen LogP contribution in [0, 0.1) is 11.8 Å². The molecule has 0 radical (unpaired) electrons. The van der Waals surface area contributed by atoms with Gasteiger partial charge in [0.1, 0.15) is 5.75 Å². The second-order valence-corrected chi connectivity index (χ2v) is 12.2. The summed E-state index contributed by atoms with van der Waals surface area (Å²) in [5.74, 6) is 3.01. The number of carbonyl (C=O) groups excluding carboxylic acids is 1. The first-order chi connectivity index (χ1) is 17.5. The Hall–Kier alpha value is -1.75. The molecule has 3 fully saturated rings. The minimum Gasteiger partial charge on any atom is -0.493 e. The number of hydrogen-bond donors (Lipinski definition) is 0. The SMILES string of the molecule is CC(C)CC(C)COc1ccccc1C1CCN(CCCCN2CCN(C3CCCCC3)C2=O)CC1. The zero-order valence-corrected chi connectivity index (χ0v) is 23.3. The fourth-order valence-electron chi connectivity index (χ4n) is 6.70. The van der Waals surface area contributed by atoms with E-state index >= 15 is 0 Å². The highest BCUT2D eigenvalue weighted by molar-refractivity contribution is 5.76. The van der Waals surface area contributed by atoms with Gasteiger partial charge >= 0.3 is 6.03 Å². The summed E-state index contributed by atoms with van der Waals surface area (Å²) in [6.45, 7) is 14.0. The molecule has 2 aliphatic heterocycles. The molecule has 0 N–H and O–H groups in total. The van der Waals surface area contributed by atoms with E-state index in [1.165, 1.54) is 76.4 Å². The first kappa shape index (κ1) is 27.3. The van der Waals surface area contributed by atoms with Crippen molar-refractivity contribution >= 4 is 6.03 Å². The van der Waals surface area contributed by atoms with Gasteiger partial charge in [0.25, 0.3) is 0 Å². The highest BCUT2D eigenvalue weighted by atomic mass is 16.5. The van der Waals surface area contributed by atoms with Crippen molar-refractivity contribution in [1.82, 2.24) is 14.7 Å². The summed E-state index contributed by atoms with van der Waals surface area (Å²) in [5.41, 5.74) is 1.41. The van der Waals surface area contributed by atoms with Gasteiger partial charge in [-0.25, -0.2) is 4.79 Å². The maximum absolute atomic E-state index is 12.9. The molecular formula is C31H51N3O2. The fourth-order valence-corrected chi connectivity index (χ4v) is 6.70. The molecule has 1 aromatic carbocycles.